The van der Waals surface area contributed by atoms with E-state index in [9.17, 15) is 13.2 Å². The molecule has 2 heterocycles. The minimum absolute atomic E-state index is 0. The normalized spacial score (nSPS) is 19.1. The van der Waals surface area contributed by atoms with Gasteiger partial charge in [0, 0.05) is 39.4 Å². The van der Waals surface area contributed by atoms with Gasteiger partial charge in [0.2, 0.25) is 5.95 Å². The molecule has 3 rings (SSSR count). The van der Waals surface area contributed by atoms with E-state index in [4.69, 9.17) is 0 Å². The molecule has 2 N–H and O–H groups in total. The van der Waals surface area contributed by atoms with E-state index in [1.165, 1.54) is 25.7 Å². The van der Waals surface area contributed by atoms with Crippen molar-refractivity contribution in [2.75, 3.05) is 38.5 Å². The molecular formula is C16H24F3IN6. The molecule has 1 saturated carbocycles. The molecule has 0 unspecified atom stereocenters. The lowest BCUT2D eigenvalue weighted by molar-refractivity contribution is -0.141. The summed E-state index contributed by atoms with van der Waals surface area (Å²) in [6, 6.07) is 0.856. The monoisotopic (exact) mass is 484 g/mol. The number of hydrogen-bond acceptors (Lipinski definition) is 4. The molecule has 0 atom stereocenters. The third-order valence-corrected chi connectivity index (χ3v) is 5.00. The molecule has 0 amide bonds. The first-order chi connectivity index (χ1) is 11.9. The van der Waals surface area contributed by atoms with E-state index in [2.05, 4.69) is 30.5 Å². The number of hydrogen-bond donors (Lipinski definition) is 2. The van der Waals surface area contributed by atoms with Crippen LogP contribution in [0.1, 0.15) is 31.4 Å². The summed E-state index contributed by atoms with van der Waals surface area (Å²) in [6.45, 7) is 2.97. The number of aliphatic imine (C=N–C) groups is 1. The first kappa shape index (κ1) is 21.0. The van der Waals surface area contributed by atoms with E-state index in [0.29, 0.717) is 18.5 Å². The fourth-order valence-corrected chi connectivity index (χ4v) is 3.48. The predicted molar refractivity (Wildman–Crippen MR) is 105 cm³/mol. The van der Waals surface area contributed by atoms with Gasteiger partial charge in [-0.2, -0.15) is 13.2 Å². The van der Waals surface area contributed by atoms with Crippen molar-refractivity contribution in [3.05, 3.63) is 18.0 Å². The largest absolute Gasteiger partial charge is 0.433 e. The van der Waals surface area contributed by atoms with Crippen LogP contribution in [0.2, 0.25) is 0 Å². The second kappa shape index (κ2) is 8.57. The van der Waals surface area contributed by atoms with E-state index in [0.717, 1.165) is 31.3 Å². The van der Waals surface area contributed by atoms with Gasteiger partial charge < -0.3 is 15.5 Å². The standard InChI is InChI=1S/C16H23F3N6.HI/c1-20-14(25-10-6-15(11-25)4-2-5-15)23-9-8-22-13-21-7-3-12(24-13)16(17,18)19;/h3,7H,2,4-6,8-11H2,1H3,(H,20,23)(H,21,22,24);1H. The molecule has 2 aliphatic rings. The number of guanidine groups is 1. The lowest BCUT2D eigenvalue weighted by atomic mass is 9.68. The van der Waals surface area contributed by atoms with Gasteiger partial charge in [-0.3, -0.25) is 4.99 Å². The van der Waals surface area contributed by atoms with Crippen LogP contribution in [0.5, 0.6) is 0 Å². The third kappa shape index (κ3) is 4.89. The minimum atomic E-state index is -4.47. The molecule has 1 aliphatic heterocycles. The zero-order chi connectivity index (χ0) is 17.9. The van der Waals surface area contributed by atoms with Crippen LogP contribution < -0.4 is 10.6 Å². The maximum absolute atomic E-state index is 12.6. The van der Waals surface area contributed by atoms with Crippen molar-refractivity contribution in [2.24, 2.45) is 10.4 Å². The number of nitrogens with one attached hydrogen (secondary N) is 2. The average Bonchev–Trinajstić information content (AvgIpc) is 3.00. The van der Waals surface area contributed by atoms with Crippen LogP contribution in [0.25, 0.3) is 0 Å². The Hall–Kier alpha value is -1.33. The third-order valence-electron chi connectivity index (χ3n) is 5.00. The molecule has 1 saturated heterocycles. The van der Waals surface area contributed by atoms with Crippen LogP contribution >= 0.6 is 24.0 Å². The Kier molecular flexibility index (Phi) is 6.92. The predicted octanol–water partition coefficient (Wildman–Crippen LogP) is 2.98. The highest BCUT2D eigenvalue weighted by molar-refractivity contribution is 14.0. The lowest BCUT2D eigenvalue weighted by Gasteiger charge is -2.38. The summed E-state index contributed by atoms with van der Waals surface area (Å²) in [6.07, 6.45) is 1.77. The van der Waals surface area contributed by atoms with Crippen LogP contribution in [-0.4, -0.2) is 54.1 Å². The van der Waals surface area contributed by atoms with Gasteiger partial charge in [-0.15, -0.1) is 24.0 Å². The molecule has 1 spiro atoms. The van der Waals surface area contributed by atoms with Crippen molar-refractivity contribution in [1.29, 1.82) is 0 Å². The van der Waals surface area contributed by atoms with E-state index in [-0.39, 0.29) is 29.9 Å². The first-order valence-corrected chi connectivity index (χ1v) is 8.52. The molecule has 0 aromatic carbocycles. The molecule has 0 bridgehead atoms. The van der Waals surface area contributed by atoms with Gasteiger partial charge in [0.15, 0.2) is 5.96 Å². The maximum Gasteiger partial charge on any atom is 0.433 e. The van der Waals surface area contributed by atoms with Crippen molar-refractivity contribution in [3.63, 3.8) is 0 Å². The lowest BCUT2D eigenvalue weighted by Crippen LogP contribution is -2.43. The first-order valence-electron chi connectivity index (χ1n) is 8.52. The van der Waals surface area contributed by atoms with E-state index >= 15 is 0 Å². The van der Waals surface area contributed by atoms with Crippen molar-refractivity contribution < 1.29 is 13.2 Å². The van der Waals surface area contributed by atoms with E-state index in [1.807, 2.05) is 0 Å². The Morgan fingerprint density at radius 1 is 1.31 bits per heavy atom. The molecule has 0 radical (unpaired) electrons. The smallest absolute Gasteiger partial charge is 0.354 e. The number of alkyl halides is 3. The van der Waals surface area contributed by atoms with Crippen molar-refractivity contribution >= 4 is 35.9 Å². The highest BCUT2D eigenvalue weighted by atomic mass is 127. The van der Waals surface area contributed by atoms with Gasteiger partial charge in [-0.1, -0.05) is 6.42 Å². The van der Waals surface area contributed by atoms with Gasteiger partial charge in [-0.05, 0) is 30.7 Å². The SMILES string of the molecule is CN=C(NCCNc1nccc(C(F)(F)F)n1)N1CCC2(CCC2)C1.I. The average molecular weight is 484 g/mol. The van der Waals surface area contributed by atoms with E-state index in [1.54, 1.807) is 7.05 Å². The summed E-state index contributed by atoms with van der Waals surface area (Å²) >= 11 is 0. The summed E-state index contributed by atoms with van der Waals surface area (Å²) in [5.74, 6) is 0.816. The Balaban J connectivity index is 0.00000243. The van der Waals surface area contributed by atoms with Crippen LogP contribution in [0.4, 0.5) is 19.1 Å². The van der Waals surface area contributed by atoms with Gasteiger partial charge >= 0.3 is 6.18 Å². The Labute approximate surface area is 168 Å². The Bertz CT molecular complexity index is 633. The zero-order valence-corrected chi connectivity index (χ0v) is 17.0. The molecule has 6 nitrogen and oxygen atoms in total. The number of nitrogens with zero attached hydrogens (tertiary/aromatic N) is 4. The second-order valence-corrected chi connectivity index (χ2v) is 6.69. The molecule has 2 fully saturated rings. The zero-order valence-electron chi connectivity index (χ0n) is 14.6. The number of aromatic nitrogens is 2. The van der Waals surface area contributed by atoms with Crippen LogP contribution in [0, 0.1) is 5.41 Å². The van der Waals surface area contributed by atoms with Gasteiger partial charge in [0.1, 0.15) is 5.69 Å². The molecule has 1 aromatic heterocycles. The van der Waals surface area contributed by atoms with Crippen molar-refractivity contribution in [1.82, 2.24) is 20.2 Å². The van der Waals surface area contributed by atoms with Crippen LogP contribution in [0.3, 0.4) is 0 Å². The molecule has 146 valence electrons. The molecule has 26 heavy (non-hydrogen) atoms. The fourth-order valence-electron chi connectivity index (χ4n) is 3.48. The van der Waals surface area contributed by atoms with Gasteiger partial charge in [0.05, 0.1) is 0 Å². The summed E-state index contributed by atoms with van der Waals surface area (Å²) in [7, 11) is 1.75. The quantitative estimate of drug-likeness (QED) is 0.298. The second-order valence-electron chi connectivity index (χ2n) is 6.69. The molecule has 10 heteroatoms. The highest BCUT2D eigenvalue weighted by Gasteiger charge is 2.43. The number of anilines is 1. The van der Waals surface area contributed by atoms with E-state index < -0.39 is 11.9 Å². The maximum atomic E-state index is 12.6. The Morgan fingerprint density at radius 2 is 2.08 bits per heavy atom. The highest BCUT2D eigenvalue weighted by Crippen LogP contribution is 2.47. The minimum Gasteiger partial charge on any atom is -0.354 e. The van der Waals surface area contributed by atoms with Crippen molar-refractivity contribution in [2.45, 2.75) is 31.9 Å². The van der Waals surface area contributed by atoms with Gasteiger partial charge in [0.25, 0.3) is 0 Å². The molecule has 1 aliphatic carbocycles. The molecule has 1 aromatic rings. The summed E-state index contributed by atoms with van der Waals surface area (Å²) in [4.78, 5) is 13.9. The fraction of sp³-hybridized carbons (Fsp3) is 0.688. The van der Waals surface area contributed by atoms with Crippen LogP contribution in [0.15, 0.2) is 17.3 Å². The van der Waals surface area contributed by atoms with Crippen LogP contribution in [-0.2, 0) is 6.18 Å². The topological polar surface area (TPSA) is 65.4 Å². The van der Waals surface area contributed by atoms with Gasteiger partial charge in [-0.25, -0.2) is 9.97 Å². The summed E-state index contributed by atoms with van der Waals surface area (Å²) < 4.78 is 37.9. The number of rotatable bonds is 4. The molecular weight excluding hydrogens is 460 g/mol. The number of halogens is 4. The summed E-state index contributed by atoms with van der Waals surface area (Å²) in [5, 5.41) is 6.06. The summed E-state index contributed by atoms with van der Waals surface area (Å²) in [5.41, 5.74) is -0.460. The number of likely N-dealkylation sites (tertiary alicyclic amines) is 1. The Morgan fingerprint density at radius 3 is 2.65 bits per heavy atom. The van der Waals surface area contributed by atoms with Crippen molar-refractivity contribution in [3.8, 4) is 0 Å².